The van der Waals surface area contributed by atoms with E-state index < -0.39 is 6.10 Å². The zero-order chi connectivity index (χ0) is 23.3. The SMILES string of the molecule is CCCNC(=O)[C@@H](C)Oc1ccc2c(c1)[C@H](c1ccc(F)cc1)N(C(=O)CC(C)C)CC2. The van der Waals surface area contributed by atoms with Crippen molar-refractivity contribution in [2.75, 3.05) is 13.1 Å². The molecule has 2 aromatic carbocycles. The maximum absolute atomic E-state index is 13.6. The Balaban J connectivity index is 1.94. The van der Waals surface area contributed by atoms with Gasteiger partial charge in [-0.2, -0.15) is 0 Å². The largest absolute Gasteiger partial charge is 0.481 e. The van der Waals surface area contributed by atoms with Crippen molar-refractivity contribution in [1.29, 1.82) is 0 Å². The van der Waals surface area contributed by atoms with Gasteiger partial charge in [0, 0.05) is 19.5 Å². The fraction of sp³-hybridized carbons (Fsp3) is 0.462. The van der Waals surface area contributed by atoms with E-state index in [0.29, 0.717) is 25.3 Å². The van der Waals surface area contributed by atoms with Gasteiger partial charge in [-0.1, -0.05) is 39.0 Å². The number of nitrogens with zero attached hydrogens (tertiary/aromatic N) is 1. The maximum atomic E-state index is 13.6. The molecule has 1 aliphatic rings. The smallest absolute Gasteiger partial charge is 0.260 e. The average molecular weight is 441 g/mol. The summed E-state index contributed by atoms with van der Waals surface area (Å²) in [6, 6.07) is 11.8. The van der Waals surface area contributed by atoms with E-state index in [1.807, 2.05) is 43.9 Å². The Morgan fingerprint density at radius 3 is 2.53 bits per heavy atom. The lowest BCUT2D eigenvalue weighted by atomic mass is 9.87. The molecule has 0 radical (unpaired) electrons. The first-order valence-electron chi connectivity index (χ1n) is 11.4. The topological polar surface area (TPSA) is 58.6 Å². The predicted molar refractivity (Wildman–Crippen MR) is 123 cm³/mol. The first-order valence-corrected chi connectivity index (χ1v) is 11.4. The number of nitrogens with one attached hydrogen (secondary N) is 1. The standard InChI is InChI=1S/C26H33FN2O3/c1-5-13-28-26(31)18(4)32-22-11-8-19-12-14-29(24(30)15-17(2)3)25(23(19)16-22)20-6-9-21(27)10-7-20/h6-11,16-18,25H,5,12-15H2,1-4H3,(H,28,31)/t18-,25+/m1/s1. The molecule has 5 nitrogen and oxygen atoms in total. The highest BCUT2D eigenvalue weighted by molar-refractivity contribution is 5.80. The molecule has 0 saturated heterocycles. The fourth-order valence-corrected chi connectivity index (χ4v) is 4.06. The number of hydrogen-bond donors (Lipinski definition) is 1. The Morgan fingerprint density at radius 2 is 1.88 bits per heavy atom. The molecule has 2 aromatic rings. The normalized spacial score (nSPS) is 16.4. The van der Waals surface area contributed by atoms with Gasteiger partial charge in [-0.05, 0) is 66.6 Å². The average Bonchev–Trinajstić information content (AvgIpc) is 2.76. The number of benzene rings is 2. The molecule has 32 heavy (non-hydrogen) atoms. The summed E-state index contributed by atoms with van der Waals surface area (Å²) in [5, 5.41) is 2.84. The van der Waals surface area contributed by atoms with Gasteiger partial charge in [0.2, 0.25) is 5.91 Å². The first-order chi connectivity index (χ1) is 15.3. The van der Waals surface area contributed by atoms with E-state index in [1.54, 1.807) is 19.1 Å². The van der Waals surface area contributed by atoms with Crippen LogP contribution in [0.1, 0.15) is 63.3 Å². The van der Waals surface area contributed by atoms with Crippen LogP contribution in [0.4, 0.5) is 4.39 Å². The van der Waals surface area contributed by atoms with Gasteiger partial charge in [0.25, 0.3) is 5.91 Å². The van der Waals surface area contributed by atoms with E-state index in [9.17, 15) is 14.0 Å². The minimum atomic E-state index is -0.633. The van der Waals surface area contributed by atoms with Gasteiger partial charge >= 0.3 is 0 Å². The van der Waals surface area contributed by atoms with Crippen molar-refractivity contribution in [3.8, 4) is 5.75 Å². The van der Waals surface area contributed by atoms with Crippen molar-refractivity contribution in [1.82, 2.24) is 10.2 Å². The van der Waals surface area contributed by atoms with Crippen molar-refractivity contribution in [3.63, 3.8) is 0 Å². The molecule has 1 N–H and O–H groups in total. The zero-order valence-corrected chi connectivity index (χ0v) is 19.4. The van der Waals surface area contributed by atoms with E-state index in [0.717, 1.165) is 29.5 Å². The quantitative estimate of drug-likeness (QED) is 0.651. The van der Waals surface area contributed by atoms with E-state index >= 15 is 0 Å². The minimum Gasteiger partial charge on any atom is -0.481 e. The van der Waals surface area contributed by atoms with Crippen LogP contribution in [0.25, 0.3) is 0 Å². The fourth-order valence-electron chi connectivity index (χ4n) is 4.06. The maximum Gasteiger partial charge on any atom is 0.260 e. The number of ether oxygens (including phenoxy) is 1. The van der Waals surface area contributed by atoms with Gasteiger partial charge in [0.05, 0.1) is 6.04 Å². The van der Waals surface area contributed by atoms with Crippen molar-refractivity contribution in [2.24, 2.45) is 5.92 Å². The van der Waals surface area contributed by atoms with Crippen LogP contribution in [0.2, 0.25) is 0 Å². The molecule has 0 aliphatic carbocycles. The Labute approximate surface area is 190 Å². The Hall–Kier alpha value is -2.89. The summed E-state index contributed by atoms with van der Waals surface area (Å²) in [6.07, 6.45) is 1.42. The van der Waals surface area contributed by atoms with E-state index in [-0.39, 0.29) is 29.6 Å². The third-order valence-corrected chi connectivity index (χ3v) is 5.67. The lowest BCUT2D eigenvalue weighted by molar-refractivity contribution is -0.134. The molecule has 6 heteroatoms. The molecular formula is C26H33FN2O3. The third-order valence-electron chi connectivity index (χ3n) is 5.67. The molecule has 1 aliphatic heterocycles. The number of carbonyl (C=O) groups is 2. The summed E-state index contributed by atoms with van der Waals surface area (Å²) in [5.74, 6) is 0.434. The molecule has 0 bridgehead atoms. The molecule has 0 saturated carbocycles. The number of hydrogen-bond acceptors (Lipinski definition) is 3. The lowest BCUT2D eigenvalue weighted by Crippen LogP contribution is -2.41. The van der Waals surface area contributed by atoms with Gasteiger partial charge in [0.1, 0.15) is 11.6 Å². The van der Waals surface area contributed by atoms with Crippen LogP contribution in [0, 0.1) is 11.7 Å². The second-order valence-electron chi connectivity index (χ2n) is 8.80. The van der Waals surface area contributed by atoms with Crippen molar-refractivity contribution < 1.29 is 18.7 Å². The molecular weight excluding hydrogens is 407 g/mol. The Kier molecular flexibility index (Phi) is 7.89. The number of fused-ring (bicyclic) bond motifs is 1. The molecule has 172 valence electrons. The minimum absolute atomic E-state index is 0.0820. The molecule has 0 spiro atoms. The highest BCUT2D eigenvalue weighted by Gasteiger charge is 2.32. The molecule has 2 amide bonds. The van der Waals surface area contributed by atoms with Gasteiger partial charge < -0.3 is 15.0 Å². The van der Waals surface area contributed by atoms with Crippen LogP contribution in [0.15, 0.2) is 42.5 Å². The third kappa shape index (κ3) is 5.67. The monoisotopic (exact) mass is 440 g/mol. The van der Waals surface area contributed by atoms with Crippen LogP contribution < -0.4 is 10.1 Å². The second kappa shape index (κ2) is 10.6. The van der Waals surface area contributed by atoms with Gasteiger partial charge in [-0.15, -0.1) is 0 Å². The number of halogens is 1. The van der Waals surface area contributed by atoms with Gasteiger partial charge in [0.15, 0.2) is 6.10 Å². The highest BCUT2D eigenvalue weighted by Crippen LogP contribution is 2.38. The summed E-state index contributed by atoms with van der Waals surface area (Å²) in [5.41, 5.74) is 2.94. The van der Waals surface area contributed by atoms with E-state index in [4.69, 9.17) is 4.74 Å². The summed E-state index contributed by atoms with van der Waals surface area (Å²) in [6.45, 7) is 8.99. The molecule has 2 atom stereocenters. The zero-order valence-electron chi connectivity index (χ0n) is 19.4. The number of carbonyl (C=O) groups excluding carboxylic acids is 2. The van der Waals surface area contributed by atoms with Crippen molar-refractivity contribution >= 4 is 11.8 Å². The van der Waals surface area contributed by atoms with Crippen molar-refractivity contribution in [3.05, 3.63) is 65.0 Å². The predicted octanol–water partition coefficient (Wildman–Crippen LogP) is 4.64. The molecule has 3 rings (SSSR count). The molecule has 0 aromatic heterocycles. The van der Waals surface area contributed by atoms with Gasteiger partial charge in [-0.25, -0.2) is 4.39 Å². The van der Waals surface area contributed by atoms with Crippen molar-refractivity contribution in [2.45, 2.75) is 59.1 Å². The summed E-state index contributed by atoms with van der Waals surface area (Å²) in [7, 11) is 0. The first kappa shape index (κ1) is 23.8. The van der Waals surface area contributed by atoms with Crippen LogP contribution in [-0.4, -0.2) is 35.9 Å². The molecule has 0 unspecified atom stereocenters. The second-order valence-corrected chi connectivity index (χ2v) is 8.80. The highest BCUT2D eigenvalue weighted by atomic mass is 19.1. The lowest BCUT2D eigenvalue weighted by Gasteiger charge is -2.38. The van der Waals surface area contributed by atoms with Crippen LogP contribution in [-0.2, 0) is 16.0 Å². The van der Waals surface area contributed by atoms with Crippen LogP contribution in [0.3, 0.4) is 0 Å². The Morgan fingerprint density at radius 1 is 1.16 bits per heavy atom. The molecule has 1 heterocycles. The van der Waals surface area contributed by atoms with E-state index in [1.165, 1.54) is 12.1 Å². The van der Waals surface area contributed by atoms with E-state index in [2.05, 4.69) is 5.32 Å². The number of rotatable bonds is 8. The van der Waals surface area contributed by atoms with Gasteiger partial charge in [-0.3, -0.25) is 9.59 Å². The Bertz CT molecular complexity index is 943. The summed E-state index contributed by atoms with van der Waals surface area (Å²) >= 11 is 0. The summed E-state index contributed by atoms with van der Waals surface area (Å²) in [4.78, 5) is 27.2. The van der Waals surface area contributed by atoms with Crippen LogP contribution >= 0.6 is 0 Å². The molecule has 0 fully saturated rings. The number of amides is 2. The van der Waals surface area contributed by atoms with Crippen LogP contribution in [0.5, 0.6) is 5.75 Å². The summed E-state index contributed by atoms with van der Waals surface area (Å²) < 4.78 is 19.5.